The van der Waals surface area contributed by atoms with Gasteiger partial charge in [0.15, 0.2) is 0 Å². The third-order valence-corrected chi connectivity index (χ3v) is 4.01. The number of furan rings is 1. The molecule has 0 amide bonds. The predicted molar refractivity (Wildman–Crippen MR) is 85.5 cm³/mol. The van der Waals surface area contributed by atoms with E-state index in [1.54, 1.807) is 18.4 Å². The molecule has 1 aromatic heterocycles. The average Bonchev–Trinajstić information content (AvgIpc) is 2.94. The molecule has 114 valence electrons. The lowest BCUT2D eigenvalue weighted by atomic mass is 10.1. The molecule has 0 aliphatic heterocycles. The molecule has 22 heavy (non-hydrogen) atoms. The molecule has 1 heterocycles. The van der Waals surface area contributed by atoms with Gasteiger partial charge in [-0.3, -0.25) is 0 Å². The molecule has 0 atom stereocenters. The van der Waals surface area contributed by atoms with Crippen molar-refractivity contribution in [2.75, 3.05) is 0 Å². The molecule has 0 spiro atoms. The van der Waals surface area contributed by atoms with E-state index < -0.39 is 11.7 Å². The molecular formula is C16H10F3IO2. The number of hydrogen-bond donors (Lipinski definition) is 0. The Hall–Kier alpha value is -1.70. The van der Waals surface area contributed by atoms with Crippen molar-refractivity contribution in [2.24, 2.45) is 0 Å². The van der Waals surface area contributed by atoms with Gasteiger partial charge in [-0.05, 0) is 36.4 Å². The molecule has 0 aliphatic rings. The summed E-state index contributed by atoms with van der Waals surface area (Å²) >= 11 is 2.01. The number of benzene rings is 2. The maximum Gasteiger partial charge on any atom is 0.416 e. The van der Waals surface area contributed by atoms with Crippen molar-refractivity contribution >= 4 is 33.6 Å². The molecule has 3 rings (SSSR count). The summed E-state index contributed by atoms with van der Waals surface area (Å²) in [6.45, 7) is 0. The lowest BCUT2D eigenvalue weighted by Crippen LogP contribution is -2.05. The highest BCUT2D eigenvalue weighted by Crippen LogP contribution is 2.35. The van der Waals surface area contributed by atoms with Crippen LogP contribution in [0.1, 0.15) is 11.1 Å². The minimum atomic E-state index is -4.35. The van der Waals surface area contributed by atoms with Crippen LogP contribution in [0, 0.1) is 0 Å². The Morgan fingerprint density at radius 1 is 1.05 bits per heavy atom. The number of hydrogen-bond acceptors (Lipinski definition) is 2. The lowest BCUT2D eigenvalue weighted by Gasteiger charge is -2.13. The second-order valence-corrected chi connectivity index (χ2v) is 5.44. The second-order valence-electron chi connectivity index (χ2n) is 4.68. The van der Waals surface area contributed by atoms with Crippen LogP contribution in [-0.2, 0) is 10.6 Å². The molecule has 6 heteroatoms. The Kier molecular flexibility index (Phi) is 4.03. The zero-order valence-corrected chi connectivity index (χ0v) is 13.3. The molecule has 0 aliphatic carbocycles. The van der Waals surface area contributed by atoms with Crippen LogP contribution >= 0.6 is 22.6 Å². The van der Waals surface area contributed by atoms with Crippen LogP contribution in [-0.4, -0.2) is 0 Å². The normalized spacial score (nSPS) is 11.8. The minimum Gasteiger partial charge on any atom is -0.464 e. The van der Waals surface area contributed by atoms with Crippen LogP contribution < -0.4 is 4.74 Å². The summed E-state index contributed by atoms with van der Waals surface area (Å²) in [7, 11) is 0. The maximum atomic E-state index is 12.7. The molecule has 0 fully saturated rings. The zero-order valence-electron chi connectivity index (χ0n) is 11.2. The molecular weight excluding hydrogens is 408 g/mol. The van der Waals surface area contributed by atoms with Crippen molar-refractivity contribution in [3.63, 3.8) is 0 Å². The highest BCUT2D eigenvalue weighted by molar-refractivity contribution is 14.1. The number of halogens is 4. The first-order valence-electron chi connectivity index (χ1n) is 6.38. The quantitative estimate of drug-likeness (QED) is 0.375. The molecule has 0 saturated heterocycles. The number of fused-ring (bicyclic) bond motifs is 1. The molecule has 0 unspecified atom stereocenters. The third-order valence-electron chi connectivity index (χ3n) is 3.19. The fourth-order valence-corrected chi connectivity index (χ4v) is 2.68. The lowest BCUT2D eigenvalue weighted by molar-refractivity contribution is -0.137. The second kappa shape index (κ2) is 5.83. The predicted octanol–water partition coefficient (Wildman–Crippen LogP) is 6.18. The Morgan fingerprint density at radius 3 is 2.59 bits per heavy atom. The minimum absolute atomic E-state index is 0.410. The van der Waals surface area contributed by atoms with Crippen molar-refractivity contribution in [2.45, 2.75) is 10.6 Å². The van der Waals surface area contributed by atoms with Crippen LogP contribution in [0.4, 0.5) is 13.2 Å². The smallest absolute Gasteiger partial charge is 0.416 e. The first-order chi connectivity index (χ1) is 10.5. The van der Waals surface area contributed by atoms with Crippen molar-refractivity contribution in [1.29, 1.82) is 0 Å². The molecule has 2 aromatic carbocycles. The van der Waals surface area contributed by atoms with Crippen molar-refractivity contribution in [1.82, 2.24) is 0 Å². The van der Waals surface area contributed by atoms with E-state index in [0.29, 0.717) is 27.1 Å². The molecule has 0 N–H and O–H groups in total. The van der Waals surface area contributed by atoms with Crippen LogP contribution in [0.5, 0.6) is 11.5 Å². The molecule has 0 bridgehead atoms. The molecule has 3 aromatic rings. The maximum absolute atomic E-state index is 12.7. The highest BCUT2D eigenvalue weighted by atomic mass is 127. The van der Waals surface area contributed by atoms with E-state index in [1.807, 2.05) is 34.7 Å². The average molecular weight is 418 g/mol. The van der Waals surface area contributed by atoms with E-state index in [4.69, 9.17) is 9.15 Å². The summed E-state index contributed by atoms with van der Waals surface area (Å²) in [6, 6.07) is 10.6. The Labute approximate surface area is 138 Å². The molecule has 0 saturated carbocycles. The van der Waals surface area contributed by atoms with E-state index in [2.05, 4.69) is 0 Å². The van der Waals surface area contributed by atoms with Gasteiger partial charge in [-0.25, -0.2) is 0 Å². The van der Waals surface area contributed by atoms with E-state index in [0.717, 1.165) is 17.5 Å². The van der Waals surface area contributed by atoms with E-state index in [1.165, 1.54) is 6.07 Å². The summed E-state index contributed by atoms with van der Waals surface area (Å²) in [5.74, 6) is 0.932. The third kappa shape index (κ3) is 3.06. The van der Waals surface area contributed by atoms with Gasteiger partial charge >= 0.3 is 6.18 Å². The standard InChI is InChI=1S/C16H10F3IO2/c17-16(18,19)12-2-4-14(11(7-12)9-20)22-13-3-1-10-5-6-21-15(10)8-13/h1-8H,9H2. The van der Waals surface area contributed by atoms with Crippen LogP contribution in [0.2, 0.25) is 0 Å². The highest BCUT2D eigenvalue weighted by Gasteiger charge is 2.31. The largest absolute Gasteiger partial charge is 0.464 e. The van der Waals surface area contributed by atoms with Crippen LogP contribution in [0.25, 0.3) is 11.0 Å². The number of ether oxygens (including phenoxy) is 1. The van der Waals surface area contributed by atoms with Crippen LogP contribution in [0.3, 0.4) is 0 Å². The number of rotatable bonds is 3. The Balaban J connectivity index is 1.94. The summed E-state index contributed by atoms with van der Waals surface area (Å²) < 4.78 is 49.7. The molecule has 2 nitrogen and oxygen atoms in total. The van der Waals surface area contributed by atoms with Crippen molar-refractivity contribution < 1.29 is 22.3 Å². The Morgan fingerprint density at radius 2 is 1.86 bits per heavy atom. The first kappa shape index (κ1) is 15.2. The van der Waals surface area contributed by atoms with Gasteiger partial charge < -0.3 is 9.15 Å². The summed E-state index contributed by atoms with van der Waals surface area (Å²) in [6.07, 6.45) is -2.78. The Bertz CT molecular complexity index is 809. The SMILES string of the molecule is FC(F)(F)c1ccc(Oc2ccc3ccoc3c2)c(CI)c1. The fourth-order valence-electron chi connectivity index (χ4n) is 2.09. The zero-order chi connectivity index (χ0) is 15.7. The topological polar surface area (TPSA) is 22.4 Å². The van der Waals surface area contributed by atoms with E-state index in [-0.39, 0.29) is 0 Å². The van der Waals surface area contributed by atoms with Gasteiger partial charge in [0.2, 0.25) is 0 Å². The van der Waals surface area contributed by atoms with Crippen molar-refractivity contribution in [3.05, 3.63) is 59.9 Å². The first-order valence-corrected chi connectivity index (χ1v) is 7.91. The van der Waals surface area contributed by atoms with Gasteiger partial charge in [-0.15, -0.1) is 0 Å². The van der Waals surface area contributed by atoms with E-state index >= 15 is 0 Å². The fraction of sp³-hybridized carbons (Fsp3) is 0.125. The monoisotopic (exact) mass is 418 g/mol. The van der Waals surface area contributed by atoms with Crippen molar-refractivity contribution in [3.8, 4) is 11.5 Å². The van der Waals surface area contributed by atoms with Gasteiger partial charge in [0.25, 0.3) is 0 Å². The van der Waals surface area contributed by atoms with Gasteiger partial charge in [0.1, 0.15) is 17.1 Å². The molecule has 0 radical (unpaired) electrons. The van der Waals surface area contributed by atoms with Gasteiger partial charge in [-0.2, -0.15) is 13.2 Å². The summed E-state index contributed by atoms with van der Waals surface area (Å²) in [5, 5.41) is 0.939. The summed E-state index contributed by atoms with van der Waals surface area (Å²) in [4.78, 5) is 0. The number of alkyl halides is 4. The van der Waals surface area contributed by atoms with Gasteiger partial charge in [-0.1, -0.05) is 22.6 Å². The summed E-state index contributed by atoms with van der Waals surface area (Å²) in [5.41, 5.74) is 0.489. The van der Waals surface area contributed by atoms with Gasteiger partial charge in [0.05, 0.1) is 11.8 Å². The van der Waals surface area contributed by atoms with Gasteiger partial charge in [0, 0.05) is 21.4 Å². The van der Waals surface area contributed by atoms with Crippen LogP contribution in [0.15, 0.2) is 53.1 Å². The van der Waals surface area contributed by atoms with E-state index in [9.17, 15) is 13.2 Å².